The van der Waals surface area contributed by atoms with Crippen LogP contribution in [0.1, 0.15) is 11.1 Å². The average Bonchev–Trinajstić information content (AvgIpc) is 2.91. The molecular weight excluding hydrogens is 338 g/mol. The SMILES string of the molecule is C1=CCc2c(c3c(c4ccccc24)c2ccccc2n3-c2ccccc2)C=C1. The van der Waals surface area contributed by atoms with E-state index in [9.17, 15) is 0 Å². The molecule has 0 aliphatic heterocycles. The molecule has 0 saturated carbocycles. The van der Waals surface area contributed by atoms with Crippen LogP contribution >= 0.6 is 0 Å². The summed E-state index contributed by atoms with van der Waals surface area (Å²) in [4.78, 5) is 0. The summed E-state index contributed by atoms with van der Waals surface area (Å²) in [7, 11) is 0. The van der Waals surface area contributed by atoms with Gasteiger partial charge in [-0.25, -0.2) is 0 Å². The van der Waals surface area contributed by atoms with Crippen LogP contribution in [0.4, 0.5) is 0 Å². The van der Waals surface area contributed by atoms with Gasteiger partial charge < -0.3 is 4.57 Å². The molecule has 5 aromatic rings. The molecule has 1 heterocycles. The van der Waals surface area contributed by atoms with Crippen molar-refractivity contribution in [1.29, 1.82) is 0 Å². The maximum atomic E-state index is 2.44. The van der Waals surface area contributed by atoms with Crippen molar-refractivity contribution in [2.24, 2.45) is 0 Å². The van der Waals surface area contributed by atoms with Gasteiger partial charge in [0.25, 0.3) is 0 Å². The van der Waals surface area contributed by atoms with Gasteiger partial charge in [-0.15, -0.1) is 0 Å². The number of benzene rings is 4. The Kier molecular flexibility index (Phi) is 3.30. The van der Waals surface area contributed by atoms with Crippen LogP contribution in [0.3, 0.4) is 0 Å². The van der Waals surface area contributed by atoms with Crippen LogP contribution in [0.15, 0.2) is 97.1 Å². The number of para-hydroxylation sites is 2. The molecule has 1 heteroatoms. The minimum Gasteiger partial charge on any atom is -0.309 e. The molecule has 0 amide bonds. The van der Waals surface area contributed by atoms with E-state index >= 15 is 0 Å². The molecular formula is C27H19N. The fourth-order valence-electron chi connectivity index (χ4n) is 4.68. The van der Waals surface area contributed by atoms with Crippen LogP contribution in [-0.2, 0) is 6.42 Å². The molecule has 0 atom stereocenters. The molecule has 1 aromatic heterocycles. The third-order valence-electron chi connectivity index (χ3n) is 5.82. The Bertz CT molecular complexity index is 1420. The van der Waals surface area contributed by atoms with E-state index in [0.717, 1.165) is 6.42 Å². The van der Waals surface area contributed by atoms with Gasteiger partial charge in [0.1, 0.15) is 0 Å². The minimum absolute atomic E-state index is 0.953. The van der Waals surface area contributed by atoms with E-state index in [1.54, 1.807) is 0 Å². The fourth-order valence-corrected chi connectivity index (χ4v) is 4.68. The van der Waals surface area contributed by atoms with Gasteiger partial charge >= 0.3 is 0 Å². The number of rotatable bonds is 1. The first-order valence-electron chi connectivity index (χ1n) is 9.79. The van der Waals surface area contributed by atoms with Crippen molar-refractivity contribution in [2.45, 2.75) is 6.42 Å². The number of allylic oxidation sites excluding steroid dienone is 3. The first-order valence-corrected chi connectivity index (χ1v) is 9.79. The molecule has 0 unspecified atom stereocenters. The van der Waals surface area contributed by atoms with E-state index in [4.69, 9.17) is 0 Å². The largest absolute Gasteiger partial charge is 0.309 e. The highest BCUT2D eigenvalue weighted by molar-refractivity contribution is 6.24. The monoisotopic (exact) mass is 357 g/mol. The number of nitrogens with zero attached hydrogens (tertiary/aromatic N) is 1. The third kappa shape index (κ3) is 2.07. The van der Waals surface area contributed by atoms with Crippen molar-refractivity contribution in [3.63, 3.8) is 0 Å². The van der Waals surface area contributed by atoms with Crippen LogP contribution in [0, 0.1) is 0 Å². The number of fused-ring (bicyclic) bond motifs is 8. The van der Waals surface area contributed by atoms with Crippen LogP contribution < -0.4 is 0 Å². The Labute approximate surface area is 163 Å². The average molecular weight is 357 g/mol. The second-order valence-corrected chi connectivity index (χ2v) is 7.34. The Hall–Kier alpha value is -3.58. The van der Waals surface area contributed by atoms with Gasteiger partial charge in [-0.3, -0.25) is 0 Å². The van der Waals surface area contributed by atoms with E-state index < -0.39 is 0 Å². The highest BCUT2D eigenvalue weighted by Gasteiger charge is 2.20. The van der Waals surface area contributed by atoms with E-state index in [2.05, 4.69) is 108 Å². The lowest BCUT2D eigenvalue weighted by Crippen LogP contribution is -1.98. The second kappa shape index (κ2) is 5.97. The molecule has 0 N–H and O–H groups in total. The van der Waals surface area contributed by atoms with Crippen LogP contribution in [0.5, 0.6) is 0 Å². The molecule has 4 aromatic carbocycles. The fraction of sp³-hybridized carbons (Fsp3) is 0.0370. The van der Waals surface area contributed by atoms with Gasteiger partial charge in [-0.05, 0) is 41.0 Å². The molecule has 6 rings (SSSR count). The van der Waals surface area contributed by atoms with Gasteiger partial charge in [0.15, 0.2) is 0 Å². The van der Waals surface area contributed by atoms with Crippen LogP contribution in [0.25, 0.3) is 44.3 Å². The topological polar surface area (TPSA) is 4.93 Å². The van der Waals surface area contributed by atoms with Crippen molar-refractivity contribution < 1.29 is 0 Å². The lowest BCUT2D eigenvalue weighted by molar-refractivity contribution is 1.17. The summed E-state index contributed by atoms with van der Waals surface area (Å²) in [6.45, 7) is 0. The van der Waals surface area contributed by atoms with Gasteiger partial charge in [0, 0.05) is 22.0 Å². The summed E-state index contributed by atoms with van der Waals surface area (Å²) < 4.78 is 2.44. The lowest BCUT2D eigenvalue weighted by atomic mass is 9.92. The quantitative estimate of drug-likeness (QED) is 0.302. The highest BCUT2D eigenvalue weighted by atomic mass is 15.0. The zero-order valence-corrected chi connectivity index (χ0v) is 15.5. The maximum Gasteiger partial charge on any atom is 0.0622 e. The molecule has 28 heavy (non-hydrogen) atoms. The third-order valence-corrected chi connectivity index (χ3v) is 5.82. The second-order valence-electron chi connectivity index (χ2n) is 7.34. The van der Waals surface area contributed by atoms with Crippen molar-refractivity contribution in [3.8, 4) is 5.69 Å². The Morgan fingerprint density at radius 2 is 1.36 bits per heavy atom. The Morgan fingerprint density at radius 1 is 0.643 bits per heavy atom. The predicted octanol–water partition coefficient (Wildman–Crippen LogP) is 7.06. The van der Waals surface area contributed by atoms with E-state index in [-0.39, 0.29) is 0 Å². The smallest absolute Gasteiger partial charge is 0.0622 e. The first-order chi connectivity index (χ1) is 13.9. The van der Waals surface area contributed by atoms with Gasteiger partial charge in [0.2, 0.25) is 0 Å². The van der Waals surface area contributed by atoms with E-state index in [0.29, 0.717) is 0 Å². The number of aromatic nitrogens is 1. The van der Waals surface area contributed by atoms with Crippen molar-refractivity contribution in [2.75, 3.05) is 0 Å². The zero-order chi connectivity index (χ0) is 18.5. The first kappa shape index (κ1) is 15.5. The lowest BCUT2D eigenvalue weighted by Gasteiger charge is -2.15. The van der Waals surface area contributed by atoms with Gasteiger partial charge in [-0.2, -0.15) is 0 Å². The van der Waals surface area contributed by atoms with Gasteiger partial charge in [0.05, 0.1) is 11.0 Å². The zero-order valence-electron chi connectivity index (χ0n) is 15.5. The summed E-state index contributed by atoms with van der Waals surface area (Å²) in [6.07, 6.45) is 9.83. The molecule has 0 fully saturated rings. The minimum atomic E-state index is 0.953. The predicted molar refractivity (Wildman–Crippen MR) is 120 cm³/mol. The molecule has 1 aliphatic carbocycles. The summed E-state index contributed by atoms with van der Waals surface area (Å²) in [5.74, 6) is 0. The molecule has 0 spiro atoms. The van der Waals surface area contributed by atoms with Crippen molar-refractivity contribution in [1.82, 2.24) is 4.57 Å². The normalized spacial score (nSPS) is 13.3. The Morgan fingerprint density at radius 3 is 2.21 bits per heavy atom. The van der Waals surface area contributed by atoms with Crippen molar-refractivity contribution >= 4 is 38.7 Å². The maximum absolute atomic E-state index is 2.44. The highest BCUT2D eigenvalue weighted by Crippen LogP contribution is 2.42. The standard InChI is InChI=1S/C27H19N/c1-3-11-19(12-4-1)28-25-18-10-9-17-24(25)26-22-15-8-7-14-20(22)21-13-5-2-6-16-23(21)27(26)28/h1-12,14-18H,13H2. The summed E-state index contributed by atoms with van der Waals surface area (Å²) >= 11 is 0. The Balaban J connectivity index is 1.96. The van der Waals surface area contributed by atoms with E-state index in [1.807, 2.05) is 0 Å². The summed E-state index contributed by atoms with van der Waals surface area (Å²) in [5, 5.41) is 5.36. The molecule has 1 nitrogen and oxygen atoms in total. The van der Waals surface area contributed by atoms with Crippen LogP contribution in [0.2, 0.25) is 0 Å². The number of hydrogen-bond acceptors (Lipinski definition) is 0. The molecule has 0 radical (unpaired) electrons. The van der Waals surface area contributed by atoms with Crippen molar-refractivity contribution in [3.05, 3.63) is 108 Å². The molecule has 132 valence electrons. The van der Waals surface area contributed by atoms with E-state index in [1.165, 1.54) is 49.4 Å². The number of hydrogen-bond donors (Lipinski definition) is 0. The summed E-state index contributed by atoms with van der Waals surface area (Å²) in [5.41, 5.74) is 6.51. The van der Waals surface area contributed by atoms with Crippen LogP contribution in [-0.4, -0.2) is 4.57 Å². The summed E-state index contributed by atoms with van der Waals surface area (Å²) in [6, 6.07) is 28.4. The molecule has 1 aliphatic rings. The molecule has 0 saturated heterocycles. The van der Waals surface area contributed by atoms with Gasteiger partial charge in [-0.1, -0.05) is 85.0 Å². The molecule has 0 bridgehead atoms.